The number of carbonyl (C=O) groups excluding carboxylic acids is 1. The van der Waals surface area contributed by atoms with E-state index in [9.17, 15) is 4.79 Å². The Labute approximate surface area is 195 Å². The monoisotopic (exact) mass is 476 g/mol. The standard InChI is InChI=1S/C23H22Cl2N2O3S/c1-29-19-7-6-14(10-20(19)30-2)23(8-9-23)13-26-22(28)18-12-31-21(27-18)11-15-16(24)4-3-5-17(15)25/h3-7,10,12H,8-9,11,13H2,1-2H3,(H,26,28). The quantitative estimate of drug-likeness (QED) is 0.464. The summed E-state index contributed by atoms with van der Waals surface area (Å²) in [6.07, 6.45) is 2.51. The van der Waals surface area contributed by atoms with Gasteiger partial charge < -0.3 is 14.8 Å². The Hall–Kier alpha value is -2.28. The first-order valence-electron chi connectivity index (χ1n) is 9.84. The maximum atomic E-state index is 12.7. The highest BCUT2D eigenvalue weighted by Crippen LogP contribution is 2.49. The fourth-order valence-corrected chi connectivity index (χ4v) is 4.89. The Morgan fingerprint density at radius 1 is 1.13 bits per heavy atom. The first kappa shape index (κ1) is 21.9. The lowest BCUT2D eigenvalue weighted by Gasteiger charge is -2.18. The molecule has 5 nitrogen and oxygen atoms in total. The SMILES string of the molecule is COc1ccc(C2(CNC(=O)c3csc(Cc4c(Cl)cccc4Cl)n3)CC2)cc1OC. The molecule has 0 bridgehead atoms. The predicted molar refractivity (Wildman–Crippen MR) is 124 cm³/mol. The van der Waals surface area contributed by atoms with Crippen LogP contribution in [-0.2, 0) is 11.8 Å². The molecule has 3 aromatic rings. The Bertz CT molecular complexity index is 1090. The minimum atomic E-state index is -0.181. The van der Waals surface area contributed by atoms with Crippen molar-refractivity contribution in [1.29, 1.82) is 0 Å². The van der Waals surface area contributed by atoms with Crippen molar-refractivity contribution in [1.82, 2.24) is 10.3 Å². The number of thiazole rings is 1. The van der Waals surface area contributed by atoms with E-state index in [2.05, 4.69) is 10.3 Å². The highest BCUT2D eigenvalue weighted by Gasteiger charge is 2.44. The van der Waals surface area contributed by atoms with Gasteiger partial charge in [0, 0.05) is 33.8 Å². The van der Waals surface area contributed by atoms with Crippen molar-refractivity contribution in [3.8, 4) is 11.5 Å². The zero-order valence-corrected chi connectivity index (χ0v) is 19.5. The first-order valence-corrected chi connectivity index (χ1v) is 11.5. The van der Waals surface area contributed by atoms with Gasteiger partial charge in [-0.15, -0.1) is 11.3 Å². The number of benzene rings is 2. The van der Waals surface area contributed by atoms with E-state index in [1.807, 2.05) is 18.2 Å². The Morgan fingerprint density at radius 3 is 2.48 bits per heavy atom. The van der Waals surface area contributed by atoms with Crippen LogP contribution in [0.5, 0.6) is 11.5 Å². The molecule has 1 amide bonds. The van der Waals surface area contributed by atoms with Crippen molar-refractivity contribution < 1.29 is 14.3 Å². The molecule has 4 rings (SSSR count). The van der Waals surface area contributed by atoms with E-state index in [1.165, 1.54) is 11.3 Å². The average Bonchev–Trinajstić information content (AvgIpc) is 3.43. The van der Waals surface area contributed by atoms with Crippen LogP contribution in [0.15, 0.2) is 41.8 Å². The van der Waals surface area contributed by atoms with E-state index in [0.717, 1.165) is 29.0 Å². The number of aromatic nitrogens is 1. The molecule has 1 saturated carbocycles. The Morgan fingerprint density at radius 2 is 1.84 bits per heavy atom. The molecule has 1 fully saturated rings. The van der Waals surface area contributed by atoms with Crippen LogP contribution in [0.25, 0.3) is 0 Å². The smallest absolute Gasteiger partial charge is 0.270 e. The molecule has 1 aromatic heterocycles. The molecule has 0 unspecified atom stereocenters. The molecule has 8 heteroatoms. The van der Waals surface area contributed by atoms with Crippen molar-refractivity contribution in [2.75, 3.05) is 20.8 Å². The van der Waals surface area contributed by atoms with Crippen LogP contribution in [0.3, 0.4) is 0 Å². The van der Waals surface area contributed by atoms with Gasteiger partial charge in [-0.3, -0.25) is 4.79 Å². The van der Waals surface area contributed by atoms with E-state index in [0.29, 0.717) is 40.2 Å². The van der Waals surface area contributed by atoms with Gasteiger partial charge in [0.2, 0.25) is 0 Å². The Balaban J connectivity index is 1.42. The topological polar surface area (TPSA) is 60.5 Å². The number of carbonyl (C=O) groups is 1. The van der Waals surface area contributed by atoms with Crippen molar-refractivity contribution in [3.63, 3.8) is 0 Å². The lowest BCUT2D eigenvalue weighted by Crippen LogP contribution is -2.32. The van der Waals surface area contributed by atoms with Gasteiger partial charge in [0.25, 0.3) is 5.91 Å². The minimum absolute atomic E-state index is 0.0703. The third-order valence-electron chi connectivity index (χ3n) is 5.61. The number of nitrogens with one attached hydrogen (secondary N) is 1. The molecule has 0 saturated heterocycles. The third kappa shape index (κ3) is 4.66. The zero-order chi connectivity index (χ0) is 22.0. The summed E-state index contributed by atoms with van der Waals surface area (Å²) in [5.74, 6) is 1.21. The molecular formula is C23H22Cl2N2O3S. The zero-order valence-electron chi connectivity index (χ0n) is 17.2. The average molecular weight is 477 g/mol. The van der Waals surface area contributed by atoms with Crippen molar-refractivity contribution in [3.05, 3.63) is 73.7 Å². The van der Waals surface area contributed by atoms with Crippen LogP contribution >= 0.6 is 34.5 Å². The summed E-state index contributed by atoms with van der Waals surface area (Å²) >= 11 is 13.9. The minimum Gasteiger partial charge on any atom is -0.493 e. The fourth-order valence-electron chi connectivity index (χ4n) is 3.57. The molecule has 1 aliphatic rings. The molecular weight excluding hydrogens is 455 g/mol. The summed E-state index contributed by atoms with van der Waals surface area (Å²) in [4.78, 5) is 17.2. The molecule has 0 radical (unpaired) electrons. The van der Waals surface area contributed by atoms with Crippen molar-refractivity contribution in [2.24, 2.45) is 0 Å². The van der Waals surface area contributed by atoms with E-state index in [4.69, 9.17) is 32.7 Å². The molecule has 2 aromatic carbocycles. The van der Waals surface area contributed by atoms with Gasteiger partial charge in [0.05, 0.1) is 19.2 Å². The number of nitrogens with zero attached hydrogens (tertiary/aromatic N) is 1. The number of hydrogen-bond donors (Lipinski definition) is 1. The van der Waals surface area contributed by atoms with Gasteiger partial charge in [-0.1, -0.05) is 35.3 Å². The normalized spacial score (nSPS) is 14.2. The number of methoxy groups -OCH3 is 2. The highest BCUT2D eigenvalue weighted by atomic mass is 35.5. The maximum Gasteiger partial charge on any atom is 0.270 e. The summed E-state index contributed by atoms with van der Waals surface area (Å²) < 4.78 is 10.7. The summed E-state index contributed by atoms with van der Waals surface area (Å²) in [5.41, 5.74) is 2.29. The van der Waals surface area contributed by atoms with Crippen molar-refractivity contribution >= 4 is 40.4 Å². The molecule has 0 spiro atoms. The summed E-state index contributed by atoms with van der Waals surface area (Å²) in [5, 5.41) is 6.80. The Kier molecular flexibility index (Phi) is 6.42. The predicted octanol–water partition coefficient (Wildman–Crippen LogP) is 5.52. The fraction of sp³-hybridized carbons (Fsp3) is 0.304. The lowest BCUT2D eigenvalue weighted by atomic mass is 9.95. The number of hydrogen-bond acceptors (Lipinski definition) is 5. The number of ether oxygens (including phenoxy) is 2. The molecule has 0 aliphatic heterocycles. The molecule has 0 atom stereocenters. The molecule has 31 heavy (non-hydrogen) atoms. The van der Waals surface area contributed by atoms with Crippen LogP contribution in [0.2, 0.25) is 10.0 Å². The van der Waals surface area contributed by atoms with Gasteiger partial charge in [-0.2, -0.15) is 0 Å². The first-order chi connectivity index (χ1) is 15.0. The summed E-state index contributed by atoms with van der Waals surface area (Å²) in [7, 11) is 3.24. The van der Waals surface area contributed by atoms with Crippen LogP contribution in [0.1, 0.15) is 39.5 Å². The highest BCUT2D eigenvalue weighted by molar-refractivity contribution is 7.09. The summed E-state index contributed by atoms with van der Waals surface area (Å²) in [6.45, 7) is 0.546. The van der Waals surface area contributed by atoms with E-state index in [1.54, 1.807) is 37.8 Å². The van der Waals surface area contributed by atoms with Gasteiger partial charge in [0.1, 0.15) is 5.69 Å². The lowest BCUT2D eigenvalue weighted by molar-refractivity contribution is 0.0945. The van der Waals surface area contributed by atoms with Gasteiger partial charge in [0.15, 0.2) is 11.5 Å². The number of rotatable bonds is 8. The molecule has 1 N–H and O–H groups in total. The van der Waals surface area contributed by atoms with Gasteiger partial charge in [-0.05, 0) is 48.2 Å². The van der Waals surface area contributed by atoms with Gasteiger partial charge in [-0.25, -0.2) is 4.98 Å². The second-order valence-electron chi connectivity index (χ2n) is 7.54. The second kappa shape index (κ2) is 9.07. The molecule has 162 valence electrons. The van der Waals surface area contributed by atoms with Crippen LogP contribution in [0, 0.1) is 0 Å². The maximum absolute atomic E-state index is 12.7. The van der Waals surface area contributed by atoms with E-state index in [-0.39, 0.29) is 11.3 Å². The summed E-state index contributed by atoms with van der Waals surface area (Å²) in [6, 6.07) is 11.3. The van der Waals surface area contributed by atoms with Crippen LogP contribution in [0.4, 0.5) is 0 Å². The molecule has 1 aliphatic carbocycles. The largest absolute Gasteiger partial charge is 0.493 e. The third-order valence-corrected chi connectivity index (χ3v) is 7.17. The van der Waals surface area contributed by atoms with E-state index >= 15 is 0 Å². The van der Waals surface area contributed by atoms with Crippen LogP contribution < -0.4 is 14.8 Å². The second-order valence-corrected chi connectivity index (χ2v) is 9.29. The van der Waals surface area contributed by atoms with Gasteiger partial charge >= 0.3 is 0 Å². The van der Waals surface area contributed by atoms with Crippen molar-refractivity contribution in [2.45, 2.75) is 24.7 Å². The van der Waals surface area contributed by atoms with Crippen LogP contribution in [-0.4, -0.2) is 31.7 Å². The number of amides is 1. The number of halogens is 2. The molecule has 1 heterocycles. The van der Waals surface area contributed by atoms with E-state index < -0.39 is 0 Å².